The van der Waals surface area contributed by atoms with E-state index < -0.39 is 5.97 Å². The lowest BCUT2D eigenvalue weighted by Crippen LogP contribution is -2.47. The second-order valence-corrected chi connectivity index (χ2v) is 5.87. The van der Waals surface area contributed by atoms with Gasteiger partial charge in [-0.25, -0.2) is 4.79 Å². The quantitative estimate of drug-likeness (QED) is 0.690. The highest BCUT2D eigenvalue weighted by Gasteiger charge is 2.16. The zero-order chi connectivity index (χ0) is 13.4. The first kappa shape index (κ1) is 15.1. The standard InChI is InChI=1S/C12H22N2O3S/c1-9(4-2-6-11(15)16)13-12(17)14-10-5-3-7-18-8-10/h9-10H,2-8H2,1H3,(H,15,16)(H2,13,14,17). The van der Waals surface area contributed by atoms with Gasteiger partial charge >= 0.3 is 12.0 Å². The molecule has 0 radical (unpaired) electrons. The molecule has 0 aromatic heterocycles. The van der Waals surface area contributed by atoms with Crippen LogP contribution < -0.4 is 10.6 Å². The summed E-state index contributed by atoms with van der Waals surface area (Å²) in [4.78, 5) is 22.0. The van der Waals surface area contributed by atoms with Crippen LogP contribution in [-0.4, -0.2) is 40.7 Å². The molecule has 2 amide bonds. The number of carboxylic acids is 1. The van der Waals surface area contributed by atoms with Gasteiger partial charge in [0.25, 0.3) is 0 Å². The Labute approximate surface area is 112 Å². The molecule has 1 heterocycles. The third-order valence-corrected chi connectivity index (χ3v) is 4.12. The number of urea groups is 1. The van der Waals surface area contributed by atoms with E-state index in [1.165, 1.54) is 5.75 Å². The highest BCUT2D eigenvalue weighted by atomic mass is 32.2. The summed E-state index contributed by atoms with van der Waals surface area (Å²) in [6.45, 7) is 1.90. The number of hydrogen-bond acceptors (Lipinski definition) is 3. The summed E-state index contributed by atoms with van der Waals surface area (Å²) >= 11 is 1.87. The zero-order valence-electron chi connectivity index (χ0n) is 10.8. The maximum Gasteiger partial charge on any atom is 0.315 e. The smallest absolute Gasteiger partial charge is 0.315 e. The van der Waals surface area contributed by atoms with Gasteiger partial charge in [0.05, 0.1) is 0 Å². The number of amides is 2. The van der Waals surface area contributed by atoms with Crippen LogP contribution in [0.5, 0.6) is 0 Å². The van der Waals surface area contributed by atoms with E-state index in [9.17, 15) is 9.59 Å². The molecule has 3 N–H and O–H groups in total. The fourth-order valence-electron chi connectivity index (χ4n) is 1.94. The largest absolute Gasteiger partial charge is 0.481 e. The fourth-order valence-corrected chi connectivity index (χ4v) is 3.01. The van der Waals surface area contributed by atoms with Gasteiger partial charge in [-0.3, -0.25) is 4.79 Å². The summed E-state index contributed by atoms with van der Waals surface area (Å²) in [5, 5.41) is 14.3. The topological polar surface area (TPSA) is 78.4 Å². The van der Waals surface area contributed by atoms with Gasteiger partial charge < -0.3 is 15.7 Å². The van der Waals surface area contributed by atoms with Crippen LogP contribution in [0.3, 0.4) is 0 Å². The Morgan fingerprint density at radius 2 is 2.28 bits per heavy atom. The van der Waals surface area contributed by atoms with Gasteiger partial charge in [-0.1, -0.05) is 0 Å². The summed E-state index contributed by atoms with van der Waals surface area (Å²) in [5.41, 5.74) is 0. The van der Waals surface area contributed by atoms with E-state index in [1.807, 2.05) is 18.7 Å². The SMILES string of the molecule is CC(CCCC(=O)O)NC(=O)NC1CCCSC1. The Bertz CT molecular complexity index is 280. The van der Waals surface area contributed by atoms with Crippen molar-refractivity contribution in [2.45, 2.75) is 51.1 Å². The van der Waals surface area contributed by atoms with Crippen LogP contribution in [-0.2, 0) is 4.79 Å². The van der Waals surface area contributed by atoms with E-state index in [-0.39, 0.29) is 24.5 Å². The van der Waals surface area contributed by atoms with Crippen molar-refractivity contribution in [1.29, 1.82) is 0 Å². The van der Waals surface area contributed by atoms with Crippen LogP contribution in [0.2, 0.25) is 0 Å². The Kier molecular flexibility index (Phi) is 6.93. The summed E-state index contributed by atoms with van der Waals surface area (Å²) in [5.74, 6) is 1.39. The molecule has 1 fully saturated rings. The van der Waals surface area contributed by atoms with Gasteiger partial charge in [0.1, 0.15) is 0 Å². The third kappa shape index (κ3) is 6.74. The average molecular weight is 274 g/mol. The lowest BCUT2D eigenvalue weighted by molar-refractivity contribution is -0.137. The monoisotopic (exact) mass is 274 g/mol. The second kappa shape index (κ2) is 8.24. The van der Waals surface area contributed by atoms with Gasteiger partial charge in [-0.15, -0.1) is 0 Å². The molecule has 104 valence electrons. The molecule has 1 rings (SSSR count). The Morgan fingerprint density at radius 1 is 1.50 bits per heavy atom. The van der Waals surface area contributed by atoms with Crippen molar-refractivity contribution in [3.63, 3.8) is 0 Å². The Balaban J connectivity index is 2.12. The van der Waals surface area contributed by atoms with Crippen molar-refractivity contribution in [2.24, 2.45) is 0 Å². The maximum absolute atomic E-state index is 11.7. The molecular weight excluding hydrogens is 252 g/mol. The molecule has 2 unspecified atom stereocenters. The molecule has 5 nitrogen and oxygen atoms in total. The lowest BCUT2D eigenvalue weighted by atomic mass is 10.1. The van der Waals surface area contributed by atoms with Crippen LogP contribution >= 0.6 is 11.8 Å². The molecule has 1 aliphatic rings. The molecule has 1 aliphatic heterocycles. The predicted molar refractivity (Wildman–Crippen MR) is 73.0 cm³/mol. The van der Waals surface area contributed by atoms with Gasteiger partial charge in [0, 0.05) is 24.3 Å². The van der Waals surface area contributed by atoms with Crippen LogP contribution in [0.1, 0.15) is 39.0 Å². The van der Waals surface area contributed by atoms with Crippen molar-refractivity contribution in [2.75, 3.05) is 11.5 Å². The van der Waals surface area contributed by atoms with Gasteiger partial charge in [-0.2, -0.15) is 11.8 Å². The molecule has 2 atom stereocenters. The summed E-state index contributed by atoms with van der Waals surface area (Å²) in [6, 6.07) is 0.154. The summed E-state index contributed by atoms with van der Waals surface area (Å²) < 4.78 is 0. The van der Waals surface area contributed by atoms with Gasteiger partial charge in [0.15, 0.2) is 0 Å². The number of aliphatic carboxylic acids is 1. The molecule has 0 bridgehead atoms. The van der Waals surface area contributed by atoms with Crippen LogP contribution in [0.25, 0.3) is 0 Å². The number of carbonyl (C=O) groups excluding carboxylic acids is 1. The zero-order valence-corrected chi connectivity index (χ0v) is 11.6. The first-order valence-corrected chi connectivity index (χ1v) is 7.60. The molecule has 0 spiro atoms. The van der Waals surface area contributed by atoms with Crippen LogP contribution in [0.15, 0.2) is 0 Å². The number of nitrogens with one attached hydrogen (secondary N) is 2. The minimum Gasteiger partial charge on any atom is -0.481 e. The molecule has 0 aliphatic carbocycles. The molecule has 18 heavy (non-hydrogen) atoms. The normalized spacial score (nSPS) is 21.1. The van der Waals surface area contributed by atoms with Crippen molar-refractivity contribution >= 4 is 23.8 Å². The molecule has 0 saturated carbocycles. The number of rotatable bonds is 6. The summed E-state index contributed by atoms with van der Waals surface area (Å²) in [6.07, 6.45) is 3.65. The van der Waals surface area contributed by atoms with Crippen molar-refractivity contribution < 1.29 is 14.7 Å². The molecule has 6 heteroatoms. The third-order valence-electron chi connectivity index (χ3n) is 2.90. The minimum atomic E-state index is -0.786. The minimum absolute atomic E-state index is 0.0144. The second-order valence-electron chi connectivity index (χ2n) is 4.72. The lowest BCUT2D eigenvalue weighted by Gasteiger charge is -2.23. The fraction of sp³-hybridized carbons (Fsp3) is 0.833. The first-order valence-electron chi connectivity index (χ1n) is 6.44. The van der Waals surface area contributed by atoms with E-state index in [2.05, 4.69) is 10.6 Å². The van der Waals surface area contributed by atoms with Gasteiger partial charge in [0.2, 0.25) is 0 Å². The molecule has 1 saturated heterocycles. The average Bonchev–Trinajstić information content (AvgIpc) is 2.29. The van der Waals surface area contributed by atoms with E-state index in [4.69, 9.17) is 5.11 Å². The maximum atomic E-state index is 11.7. The van der Waals surface area contributed by atoms with Crippen LogP contribution in [0.4, 0.5) is 4.79 Å². The Hall–Kier alpha value is -0.910. The highest BCUT2D eigenvalue weighted by molar-refractivity contribution is 7.99. The van der Waals surface area contributed by atoms with Gasteiger partial charge in [-0.05, 0) is 38.4 Å². The highest BCUT2D eigenvalue weighted by Crippen LogP contribution is 2.16. The van der Waals surface area contributed by atoms with Crippen molar-refractivity contribution in [1.82, 2.24) is 10.6 Å². The molecule has 0 aromatic carbocycles. The number of thioether (sulfide) groups is 1. The van der Waals surface area contributed by atoms with E-state index in [0.717, 1.165) is 18.6 Å². The Morgan fingerprint density at radius 3 is 2.89 bits per heavy atom. The number of carboxylic acid groups (broad SMARTS) is 1. The van der Waals surface area contributed by atoms with Crippen LogP contribution in [0, 0.1) is 0 Å². The number of hydrogen-bond donors (Lipinski definition) is 3. The van der Waals surface area contributed by atoms with E-state index >= 15 is 0 Å². The van der Waals surface area contributed by atoms with Crippen molar-refractivity contribution in [3.05, 3.63) is 0 Å². The van der Waals surface area contributed by atoms with E-state index in [0.29, 0.717) is 12.8 Å². The van der Waals surface area contributed by atoms with Crippen molar-refractivity contribution in [3.8, 4) is 0 Å². The number of carbonyl (C=O) groups is 2. The first-order chi connectivity index (χ1) is 8.58. The summed E-state index contributed by atoms with van der Waals surface area (Å²) in [7, 11) is 0. The van der Waals surface area contributed by atoms with E-state index in [1.54, 1.807) is 0 Å². The molecule has 0 aromatic rings. The molecular formula is C12H22N2O3S. The predicted octanol–water partition coefficient (Wildman–Crippen LogP) is 1.82.